The van der Waals surface area contributed by atoms with E-state index in [4.69, 9.17) is 0 Å². The summed E-state index contributed by atoms with van der Waals surface area (Å²) < 4.78 is 36.1. The Bertz CT molecular complexity index is 482. The van der Waals surface area contributed by atoms with E-state index in [1.807, 2.05) is 0 Å². The highest BCUT2D eigenvalue weighted by Gasteiger charge is 2.14. The summed E-state index contributed by atoms with van der Waals surface area (Å²) in [6, 6.07) is 4.62. The second kappa shape index (κ2) is 5.77. The van der Waals surface area contributed by atoms with E-state index in [1.165, 1.54) is 12.1 Å². The fraction of sp³-hybridized carbons (Fsp3) is 0.364. The molecular weight excluding hydrogens is 245 g/mol. The third-order valence-corrected chi connectivity index (χ3v) is 3.92. The van der Waals surface area contributed by atoms with Crippen molar-refractivity contribution in [3.8, 4) is 0 Å². The second-order valence-corrected chi connectivity index (χ2v) is 5.59. The van der Waals surface area contributed by atoms with E-state index in [2.05, 4.69) is 5.32 Å². The van der Waals surface area contributed by atoms with Crippen molar-refractivity contribution >= 4 is 15.7 Å². The van der Waals surface area contributed by atoms with Crippen LogP contribution in [0.1, 0.15) is 13.3 Å². The van der Waals surface area contributed by atoms with Gasteiger partial charge < -0.3 is 5.32 Å². The molecule has 0 saturated heterocycles. The SMILES string of the molecule is CCC(=O)NCCS(=O)(=O)c1ccc(F)cc1. The third-order valence-electron chi connectivity index (χ3n) is 2.19. The zero-order valence-electron chi connectivity index (χ0n) is 9.44. The quantitative estimate of drug-likeness (QED) is 0.806. The highest BCUT2D eigenvalue weighted by atomic mass is 32.2. The van der Waals surface area contributed by atoms with Gasteiger partial charge in [-0.3, -0.25) is 4.79 Å². The second-order valence-electron chi connectivity index (χ2n) is 3.48. The molecule has 1 rings (SSSR count). The lowest BCUT2D eigenvalue weighted by molar-refractivity contribution is -0.120. The van der Waals surface area contributed by atoms with Crippen molar-refractivity contribution in [1.29, 1.82) is 0 Å². The molecule has 0 atom stereocenters. The van der Waals surface area contributed by atoms with E-state index in [9.17, 15) is 17.6 Å². The summed E-state index contributed by atoms with van der Waals surface area (Å²) in [6.07, 6.45) is 0.316. The van der Waals surface area contributed by atoms with E-state index >= 15 is 0 Å². The molecule has 0 spiro atoms. The molecule has 0 aromatic heterocycles. The molecule has 0 saturated carbocycles. The Kier molecular flexibility index (Phi) is 4.62. The average Bonchev–Trinajstić information content (AvgIpc) is 2.29. The number of amides is 1. The molecule has 1 aromatic rings. The van der Waals surface area contributed by atoms with Crippen LogP contribution in [0, 0.1) is 5.82 Å². The van der Waals surface area contributed by atoms with Crippen molar-refractivity contribution in [3.05, 3.63) is 30.1 Å². The molecule has 0 aliphatic rings. The smallest absolute Gasteiger partial charge is 0.219 e. The first kappa shape index (κ1) is 13.6. The zero-order valence-corrected chi connectivity index (χ0v) is 10.3. The molecule has 0 heterocycles. The van der Waals surface area contributed by atoms with E-state index < -0.39 is 15.7 Å². The molecule has 0 aliphatic heterocycles. The summed E-state index contributed by atoms with van der Waals surface area (Å²) in [5.74, 6) is -0.868. The van der Waals surface area contributed by atoms with Gasteiger partial charge in [-0.2, -0.15) is 0 Å². The first-order valence-electron chi connectivity index (χ1n) is 5.20. The van der Waals surface area contributed by atoms with Crippen LogP contribution in [0.25, 0.3) is 0 Å². The largest absolute Gasteiger partial charge is 0.355 e. The maximum atomic E-state index is 12.6. The van der Waals surface area contributed by atoms with Gasteiger partial charge in [0.2, 0.25) is 5.91 Å². The van der Waals surface area contributed by atoms with Crippen molar-refractivity contribution < 1.29 is 17.6 Å². The molecule has 4 nitrogen and oxygen atoms in total. The molecule has 0 radical (unpaired) electrons. The predicted molar refractivity (Wildman–Crippen MR) is 61.8 cm³/mol. The minimum atomic E-state index is -3.46. The molecule has 94 valence electrons. The molecule has 17 heavy (non-hydrogen) atoms. The van der Waals surface area contributed by atoms with Crippen LogP contribution >= 0.6 is 0 Å². The number of nitrogens with one attached hydrogen (secondary N) is 1. The van der Waals surface area contributed by atoms with Crippen molar-refractivity contribution in [2.75, 3.05) is 12.3 Å². The van der Waals surface area contributed by atoms with Crippen molar-refractivity contribution in [3.63, 3.8) is 0 Å². The third kappa shape index (κ3) is 4.14. The molecule has 1 amide bonds. The van der Waals surface area contributed by atoms with Gasteiger partial charge in [0, 0.05) is 13.0 Å². The summed E-state index contributed by atoms with van der Waals surface area (Å²) in [6.45, 7) is 1.75. The van der Waals surface area contributed by atoms with Crippen LogP contribution in [-0.4, -0.2) is 26.6 Å². The number of rotatable bonds is 5. The van der Waals surface area contributed by atoms with Crippen LogP contribution in [0.5, 0.6) is 0 Å². The number of benzene rings is 1. The Morgan fingerprint density at radius 3 is 2.41 bits per heavy atom. The number of halogens is 1. The van der Waals surface area contributed by atoms with Crippen LogP contribution < -0.4 is 5.32 Å². The van der Waals surface area contributed by atoms with Gasteiger partial charge in [-0.25, -0.2) is 12.8 Å². The lowest BCUT2D eigenvalue weighted by atomic mass is 10.4. The Morgan fingerprint density at radius 2 is 1.88 bits per heavy atom. The monoisotopic (exact) mass is 259 g/mol. The Balaban J connectivity index is 2.63. The standard InChI is InChI=1S/C11H14FNO3S/c1-2-11(14)13-7-8-17(15,16)10-5-3-9(12)4-6-10/h3-6H,2,7-8H2,1H3,(H,13,14). The van der Waals surface area contributed by atoms with Crippen LogP contribution in [0.4, 0.5) is 4.39 Å². The molecule has 0 unspecified atom stereocenters. The molecule has 1 aromatic carbocycles. The summed E-state index contributed by atoms with van der Waals surface area (Å²) >= 11 is 0. The topological polar surface area (TPSA) is 63.2 Å². The van der Waals surface area contributed by atoms with E-state index in [-0.39, 0.29) is 23.1 Å². The van der Waals surface area contributed by atoms with Gasteiger partial charge in [-0.1, -0.05) is 6.92 Å². The maximum Gasteiger partial charge on any atom is 0.219 e. The van der Waals surface area contributed by atoms with Gasteiger partial charge in [0.1, 0.15) is 5.82 Å². The lowest BCUT2D eigenvalue weighted by Crippen LogP contribution is -2.28. The van der Waals surface area contributed by atoms with Crippen molar-refractivity contribution in [2.45, 2.75) is 18.2 Å². The van der Waals surface area contributed by atoms with E-state index in [0.717, 1.165) is 12.1 Å². The van der Waals surface area contributed by atoms with Crippen LogP contribution in [0.2, 0.25) is 0 Å². The molecule has 0 bridgehead atoms. The fourth-order valence-corrected chi connectivity index (χ4v) is 2.37. The molecular formula is C11H14FNO3S. The minimum Gasteiger partial charge on any atom is -0.355 e. The predicted octanol–water partition coefficient (Wildman–Crippen LogP) is 1.13. The fourth-order valence-electron chi connectivity index (χ4n) is 1.21. The number of sulfone groups is 1. The van der Waals surface area contributed by atoms with E-state index in [0.29, 0.717) is 6.42 Å². The van der Waals surface area contributed by atoms with Gasteiger partial charge in [-0.05, 0) is 24.3 Å². The van der Waals surface area contributed by atoms with Crippen molar-refractivity contribution in [1.82, 2.24) is 5.32 Å². The summed E-state index contributed by atoms with van der Waals surface area (Å²) in [5, 5.41) is 2.48. The Labute approximate surface area is 99.8 Å². The van der Waals surface area contributed by atoms with Crippen LogP contribution in [-0.2, 0) is 14.6 Å². The first-order chi connectivity index (χ1) is 7.95. The van der Waals surface area contributed by atoms with Gasteiger partial charge in [0.05, 0.1) is 10.6 Å². The van der Waals surface area contributed by atoms with Gasteiger partial charge in [0.15, 0.2) is 9.84 Å². The van der Waals surface area contributed by atoms with Crippen LogP contribution in [0.15, 0.2) is 29.2 Å². The lowest BCUT2D eigenvalue weighted by Gasteiger charge is -2.05. The number of hydrogen-bond acceptors (Lipinski definition) is 3. The number of hydrogen-bond donors (Lipinski definition) is 1. The summed E-state index contributed by atoms with van der Waals surface area (Å²) in [5.41, 5.74) is 0. The molecule has 0 fully saturated rings. The van der Waals surface area contributed by atoms with Gasteiger partial charge in [0.25, 0.3) is 0 Å². The highest BCUT2D eigenvalue weighted by molar-refractivity contribution is 7.91. The zero-order chi connectivity index (χ0) is 12.9. The first-order valence-corrected chi connectivity index (χ1v) is 6.86. The van der Waals surface area contributed by atoms with E-state index in [1.54, 1.807) is 6.92 Å². The Hall–Kier alpha value is -1.43. The minimum absolute atomic E-state index is 0.0599. The molecule has 1 N–H and O–H groups in total. The molecule has 0 aliphatic carbocycles. The summed E-state index contributed by atoms with van der Waals surface area (Å²) in [7, 11) is -3.46. The number of carbonyl (C=O) groups excluding carboxylic acids is 1. The van der Waals surface area contributed by atoms with Gasteiger partial charge >= 0.3 is 0 Å². The summed E-state index contributed by atoms with van der Waals surface area (Å²) in [4.78, 5) is 11.0. The molecule has 6 heteroatoms. The van der Waals surface area contributed by atoms with Crippen LogP contribution in [0.3, 0.4) is 0 Å². The van der Waals surface area contributed by atoms with Gasteiger partial charge in [-0.15, -0.1) is 0 Å². The van der Waals surface area contributed by atoms with Crippen molar-refractivity contribution in [2.24, 2.45) is 0 Å². The highest BCUT2D eigenvalue weighted by Crippen LogP contribution is 2.11. The Morgan fingerprint density at radius 1 is 1.29 bits per heavy atom. The number of carbonyl (C=O) groups is 1. The maximum absolute atomic E-state index is 12.6. The average molecular weight is 259 g/mol. The normalized spacial score (nSPS) is 11.2.